The van der Waals surface area contributed by atoms with Gasteiger partial charge in [-0.25, -0.2) is 0 Å². The van der Waals surface area contributed by atoms with Crippen molar-refractivity contribution in [1.29, 1.82) is 0 Å². The van der Waals surface area contributed by atoms with Crippen LogP contribution in [0.4, 0.5) is 0 Å². The Morgan fingerprint density at radius 3 is 2.91 bits per heavy atom. The van der Waals surface area contributed by atoms with Crippen LogP contribution in [0.25, 0.3) is 0 Å². The molecule has 2 aromatic rings. The first-order chi connectivity index (χ1) is 10.7. The second kappa shape index (κ2) is 6.70. The minimum atomic E-state index is -0.577. The molecule has 2 heterocycles. The first kappa shape index (κ1) is 14.7. The van der Waals surface area contributed by atoms with E-state index < -0.39 is 6.04 Å². The summed E-state index contributed by atoms with van der Waals surface area (Å²) in [4.78, 5) is 14.5. The Kier molecular flexibility index (Phi) is 4.48. The van der Waals surface area contributed by atoms with Gasteiger partial charge in [0.2, 0.25) is 5.91 Å². The summed E-state index contributed by atoms with van der Waals surface area (Å²) in [6, 6.07) is 8.97. The highest BCUT2D eigenvalue weighted by Crippen LogP contribution is 2.21. The van der Waals surface area contributed by atoms with Crippen LogP contribution in [0.3, 0.4) is 0 Å². The Labute approximate surface area is 129 Å². The Balaban J connectivity index is 1.62. The van der Waals surface area contributed by atoms with Gasteiger partial charge in [0, 0.05) is 25.8 Å². The molecule has 1 amide bonds. The molecule has 0 unspecified atom stereocenters. The molecule has 1 aromatic heterocycles. The number of hydrogen-bond acceptors (Lipinski definition) is 4. The van der Waals surface area contributed by atoms with E-state index in [9.17, 15) is 4.79 Å². The number of carbonyl (C=O) groups excluding carboxylic acids is 1. The third-order valence-electron chi connectivity index (χ3n) is 4.17. The molecule has 0 aliphatic carbocycles. The lowest BCUT2D eigenvalue weighted by Crippen LogP contribution is -2.45. The van der Waals surface area contributed by atoms with E-state index in [1.165, 1.54) is 0 Å². The van der Waals surface area contributed by atoms with Crippen molar-refractivity contribution in [2.24, 2.45) is 11.7 Å². The highest BCUT2D eigenvalue weighted by atomic mass is 16.2. The SMILES string of the molecule is N[C@@H](C(=O)N1CCC[C@H](Cn2ccnn2)C1)c1ccccc1. The van der Waals surface area contributed by atoms with Crippen molar-refractivity contribution in [2.45, 2.75) is 25.4 Å². The summed E-state index contributed by atoms with van der Waals surface area (Å²) in [5, 5.41) is 7.82. The average Bonchev–Trinajstić information content (AvgIpc) is 3.07. The summed E-state index contributed by atoms with van der Waals surface area (Å²) in [5.74, 6) is 0.414. The van der Waals surface area contributed by atoms with E-state index in [-0.39, 0.29) is 5.91 Å². The summed E-state index contributed by atoms with van der Waals surface area (Å²) in [5.41, 5.74) is 7.00. The lowest BCUT2D eigenvalue weighted by Gasteiger charge is -2.34. The lowest BCUT2D eigenvalue weighted by atomic mass is 9.96. The van der Waals surface area contributed by atoms with Crippen LogP contribution in [0.15, 0.2) is 42.7 Å². The molecular weight excluding hydrogens is 278 g/mol. The van der Waals surface area contributed by atoms with Gasteiger partial charge in [0.25, 0.3) is 0 Å². The van der Waals surface area contributed by atoms with Crippen LogP contribution in [0, 0.1) is 5.92 Å². The Hall–Kier alpha value is -2.21. The van der Waals surface area contributed by atoms with Crippen LogP contribution < -0.4 is 5.73 Å². The molecule has 22 heavy (non-hydrogen) atoms. The fourth-order valence-electron chi connectivity index (χ4n) is 3.01. The maximum absolute atomic E-state index is 12.6. The van der Waals surface area contributed by atoms with E-state index in [0.717, 1.165) is 38.0 Å². The van der Waals surface area contributed by atoms with E-state index in [1.54, 1.807) is 6.20 Å². The number of hydrogen-bond donors (Lipinski definition) is 1. The van der Waals surface area contributed by atoms with Crippen molar-refractivity contribution in [3.63, 3.8) is 0 Å². The molecule has 116 valence electrons. The van der Waals surface area contributed by atoms with Crippen LogP contribution >= 0.6 is 0 Å². The van der Waals surface area contributed by atoms with Gasteiger partial charge >= 0.3 is 0 Å². The first-order valence-electron chi connectivity index (χ1n) is 7.67. The minimum absolute atomic E-state index is 0.00879. The zero-order valence-corrected chi connectivity index (χ0v) is 12.5. The quantitative estimate of drug-likeness (QED) is 0.921. The molecule has 0 bridgehead atoms. The van der Waals surface area contributed by atoms with E-state index in [0.29, 0.717) is 5.92 Å². The number of rotatable bonds is 4. The Morgan fingerprint density at radius 2 is 2.18 bits per heavy atom. The summed E-state index contributed by atoms with van der Waals surface area (Å²) in [7, 11) is 0. The molecule has 1 fully saturated rings. The first-order valence-corrected chi connectivity index (χ1v) is 7.67. The summed E-state index contributed by atoms with van der Waals surface area (Å²) in [6.07, 6.45) is 5.64. The van der Waals surface area contributed by atoms with Gasteiger partial charge in [-0.15, -0.1) is 5.10 Å². The third-order valence-corrected chi connectivity index (χ3v) is 4.17. The lowest BCUT2D eigenvalue weighted by molar-refractivity contribution is -0.134. The minimum Gasteiger partial charge on any atom is -0.341 e. The Bertz CT molecular complexity index is 598. The van der Waals surface area contributed by atoms with Gasteiger partial charge < -0.3 is 10.6 Å². The van der Waals surface area contributed by atoms with Crippen LogP contribution in [-0.4, -0.2) is 38.9 Å². The predicted octanol–water partition coefficient (Wildman–Crippen LogP) is 1.22. The van der Waals surface area contributed by atoms with Gasteiger partial charge in [0.05, 0.1) is 6.20 Å². The maximum atomic E-state index is 12.6. The van der Waals surface area contributed by atoms with Gasteiger partial charge in [0.15, 0.2) is 0 Å². The predicted molar refractivity (Wildman–Crippen MR) is 82.7 cm³/mol. The van der Waals surface area contributed by atoms with Gasteiger partial charge in [-0.1, -0.05) is 35.5 Å². The second-order valence-corrected chi connectivity index (χ2v) is 5.81. The summed E-state index contributed by atoms with van der Waals surface area (Å²) < 4.78 is 1.83. The number of piperidine rings is 1. The van der Waals surface area contributed by atoms with Crippen LogP contribution in [0.2, 0.25) is 0 Å². The molecule has 0 saturated carbocycles. The number of amides is 1. The van der Waals surface area contributed by atoms with Gasteiger partial charge in [0.1, 0.15) is 6.04 Å². The molecule has 1 saturated heterocycles. The zero-order chi connectivity index (χ0) is 15.4. The average molecular weight is 299 g/mol. The Morgan fingerprint density at radius 1 is 1.36 bits per heavy atom. The van der Waals surface area contributed by atoms with Crippen LogP contribution in [0.1, 0.15) is 24.4 Å². The molecule has 6 nitrogen and oxygen atoms in total. The number of nitrogens with two attached hydrogens (primary N) is 1. The van der Waals surface area contributed by atoms with Crippen molar-refractivity contribution in [2.75, 3.05) is 13.1 Å². The van der Waals surface area contributed by atoms with E-state index in [4.69, 9.17) is 5.73 Å². The summed E-state index contributed by atoms with van der Waals surface area (Å²) in [6.45, 7) is 2.32. The number of benzene rings is 1. The molecule has 1 aliphatic rings. The van der Waals surface area contributed by atoms with Gasteiger partial charge in [-0.3, -0.25) is 9.48 Å². The molecule has 0 spiro atoms. The van der Waals surface area contributed by atoms with E-state index >= 15 is 0 Å². The van der Waals surface area contributed by atoms with Crippen molar-refractivity contribution < 1.29 is 4.79 Å². The van der Waals surface area contributed by atoms with Crippen LogP contribution in [-0.2, 0) is 11.3 Å². The van der Waals surface area contributed by atoms with E-state index in [2.05, 4.69) is 10.3 Å². The van der Waals surface area contributed by atoms with E-state index in [1.807, 2.05) is 46.1 Å². The highest BCUT2D eigenvalue weighted by molar-refractivity contribution is 5.83. The molecule has 1 aromatic carbocycles. The topological polar surface area (TPSA) is 77.0 Å². The largest absolute Gasteiger partial charge is 0.341 e. The fourth-order valence-corrected chi connectivity index (χ4v) is 3.01. The smallest absolute Gasteiger partial charge is 0.244 e. The molecule has 2 atom stereocenters. The second-order valence-electron chi connectivity index (χ2n) is 5.81. The maximum Gasteiger partial charge on any atom is 0.244 e. The third kappa shape index (κ3) is 3.33. The number of carbonyl (C=O) groups is 1. The summed E-state index contributed by atoms with van der Waals surface area (Å²) >= 11 is 0. The normalized spacial score (nSPS) is 19.9. The van der Waals surface area contributed by atoms with Crippen molar-refractivity contribution in [3.8, 4) is 0 Å². The highest BCUT2D eigenvalue weighted by Gasteiger charge is 2.28. The molecular formula is C16H21N5O. The van der Waals surface area contributed by atoms with Crippen molar-refractivity contribution in [3.05, 3.63) is 48.3 Å². The number of likely N-dealkylation sites (tertiary alicyclic amines) is 1. The molecule has 1 aliphatic heterocycles. The fraction of sp³-hybridized carbons (Fsp3) is 0.438. The van der Waals surface area contributed by atoms with Crippen LogP contribution in [0.5, 0.6) is 0 Å². The number of nitrogens with zero attached hydrogens (tertiary/aromatic N) is 4. The van der Waals surface area contributed by atoms with Crippen molar-refractivity contribution >= 4 is 5.91 Å². The molecule has 2 N–H and O–H groups in total. The van der Waals surface area contributed by atoms with Gasteiger partial charge in [-0.05, 0) is 24.3 Å². The monoisotopic (exact) mass is 299 g/mol. The standard InChI is InChI=1S/C16H21N5O/c17-15(14-6-2-1-3-7-14)16(22)20-9-4-5-13(11-20)12-21-10-8-18-19-21/h1-3,6-8,10,13,15H,4-5,9,11-12,17H2/t13-,15+/m0/s1. The zero-order valence-electron chi connectivity index (χ0n) is 12.5. The van der Waals surface area contributed by atoms with Crippen molar-refractivity contribution in [1.82, 2.24) is 19.9 Å². The molecule has 3 rings (SSSR count). The van der Waals surface area contributed by atoms with Gasteiger partial charge in [-0.2, -0.15) is 0 Å². The molecule has 0 radical (unpaired) electrons. The molecule has 6 heteroatoms. The number of aromatic nitrogens is 3.